The highest BCUT2D eigenvalue weighted by Crippen LogP contribution is 2.31. The lowest BCUT2D eigenvalue weighted by Crippen LogP contribution is -2.42. The van der Waals surface area contributed by atoms with Crippen molar-refractivity contribution in [2.24, 2.45) is 11.8 Å². The fraction of sp³-hybridized carbons (Fsp3) is 0.636. The van der Waals surface area contributed by atoms with Crippen molar-refractivity contribution in [1.29, 1.82) is 0 Å². The average molecular weight is 291 g/mol. The van der Waals surface area contributed by atoms with E-state index >= 15 is 0 Å². The van der Waals surface area contributed by atoms with Crippen LogP contribution >= 0.6 is 0 Å². The van der Waals surface area contributed by atoms with E-state index in [-0.39, 0.29) is 17.7 Å². The van der Waals surface area contributed by atoms with Crippen LogP contribution in [0.25, 0.3) is 0 Å². The van der Waals surface area contributed by atoms with Gasteiger partial charge in [-0.2, -0.15) is 18.2 Å². The molecular formula is C11H16F3N5O. The highest BCUT2D eigenvalue weighted by Gasteiger charge is 2.35. The Bertz CT molecular complexity index is 482. The summed E-state index contributed by atoms with van der Waals surface area (Å²) in [6.07, 6.45) is -4.52. The summed E-state index contributed by atoms with van der Waals surface area (Å²) in [6.45, 7) is 2.70. The third kappa shape index (κ3) is 3.10. The molecule has 6 nitrogen and oxygen atoms in total. The van der Waals surface area contributed by atoms with Crippen molar-refractivity contribution in [3.05, 3.63) is 11.8 Å². The minimum Gasteiger partial charge on any atom is -0.393 e. The molecule has 4 N–H and O–H groups in total. The number of anilines is 2. The number of aliphatic hydroxyl groups is 1. The van der Waals surface area contributed by atoms with Gasteiger partial charge in [0.25, 0.3) is 0 Å². The first-order chi connectivity index (χ1) is 9.31. The number of rotatable bonds is 2. The first-order valence-electron chi connectivity index (χ1n) is 6.17. The van der Waals surface area contributed by atoms with Crippen LogP contribution in [0.5, 0.6) is 0 Å². The van der Waals surface area contributed by atoms with Gasteiger partial charge in [0, 0.05) is 19.2 Å². The van der Waals surface area contributed by atoms with Gasteiger partial charge in [-0.05, 0) is 12.3 Å². The third-order valence-electron chi connectivity index (χ3n) is 3.32. The summed E-state index contributed by atoms with van der Waals surface area (Å²) < 4.78 is 38.3. The topological polar surface area (TPSA) is 87.3 Å². The van der Waals surface area contributed by atoms with Gasteiger partial charge in [-0.3, -0.25) is 5.43 Å². The Labute approximate surface area is 113 Å². The highest BCUT2D eigenvalue weighted by molar-refractivity contribution is 5.45. The van der Waals surface area contributed by atoms with Gasteiger partial charge in [0.15, 0.2) is 5.69 Å². The Hall–Kier alpha value is -1.61. The predicted octanol–water partition coefficient (Wildman–Crippen LogP) is 0.988. The fourth-order valence-corrected chi connectivity index (χ4v) is 2.15. The van der Waals surface area contributed by atoms with E-state index in [1.165, 1.54) is 0 Å². The number of nitrogens with one attached hydrogen (secondary N) is 1. The maximum atomic E-state index is 12.8. The Balaban J connectivity index is 2.31. The third-order valence-corrected chi connectivity index (χ3v) is 3.32. The summed E-state index contributed by atoms with van der Waals surface area (Å²) in [6, 6.07) is 0.894. The fourth-order valence-electron chi connectivity index (χ4n) is 2.15. The number of alkyl halides is 3. The first kappa shape index (κ1) is 14.8. The second-order valence-electron chi connectivity index (χ2n) is 4.86. The van der Waals surface area contributed by atoms with Gasteiger partial charge < -0.3 is 10.0 Å². The molecule has 0 spiro atoms. The van der Waals surface area contributed by atoms with Crippen LogP contribution in [0.15, 0.2) is 6.07 Å². The molecule has 0 aromatic carbocycles. The van der Waals surface area contributed by atoms with Gasteiger partial charge in [0.05, 0.1) is 6.10 Å². The Morgan fingerprint density at radius 2 is 2.15 bits per heavy atom. The van der Waals surface area contributed by atoms with Crippen LogP contribution in [-0.4, -0.2) is 34.3 Å². The van der Waals surface area contributed by atoms with Gasteiger partial charge >= 0.3 is 6.18 Å². The SMILES string of the molecule is CC1CN(c2cc(C(F)(F)F)nc(NN)n2)CCC1O. The van der Waals surface area contributed by atoms with E-state index in [0.717, 1.165) is 6.07 Å². The van der Waals surface area contributed by atoms with Gasteiger partial charge in [-0.15, -0.1) is 0 Å². The molecule has 1 fully saturated rings. The second-order valence-corrected chi connectivity index (χ2v) is 4.86. The van der Waals surface area contributed by atoms with Crippen LogP contribution in [0.2, 0.25) is 0 Å². The minimum absolute atomic E-state index is 0.0395. The molecule has 112 valence electrons. The van der Waals surface area contributed by atoms with Crippen molar-refractivity contribution in [1.82, 2.24) is 9.97 Å². The van der Waals surface area contributed by atoms with Crippen LogP contribution in [-0.2, 0) is 6.18 Å². The molecule has 9 heteroatoms. The summed E-state index contributed by atoms with van der Waals surface area (Å²) >= 11 is 0. The van der Waals surface area contributed by atoms with Crippen LogP contribution < -0.4 is 16.2 Å². The molecule has 0 amide bonds. The zero-order chi connectivity index (χ0) is 14.9. The van der Waals surface area contributed by atoms with Crippen molar-refractivity contribution < 1.29 is 18.3 Å². The number of hydrogen-bond donors (Lipinski definition) is 3. The molecule has 0 saturated carbocycles. The summed E-state index contributed by atoms with van der Waals surface area (Å²) in [5.74, 6) is 4.94. The number of nitrogens with two attached hydrogens (primary N) is 1. The number of hydrazine groups is 1. The van der Waals surface area contributed by atoms with E-state index in [0.29, 0.717) is 19.5 Å². The number of hydrogen-bond acceptors (Lipinski definition) is 6. The maximum absolute atomic E-state index is 12.8. The first-order valence-corrected chi connectivity index (χ1v) is 6.17. The standard InChI is InChI=1S/C11H16F3N5O/c1-6-5-19(3-2-7(6)20)9-4-8(11(12,13)14)16-10(17-9)18-15/h4,6-7,20H,2-3,5,15H2,1H3,(H,16,17,18). The number of halogens is 3. The van der Waals surface area contributed by atoms with Crippen LogP contribution in [0.1, 0.15) is 19.0 Å². The Morgan fingerprint density at radius 3 is 2.70 bits per heavy atom. The van der Waals surface area contributed by atoms with Gasteiger partial charge in [0.2, 0.25) is 5.95 Å². The molecule has 2 atom stereocenters. The maximum Gasteiger partial charge on any atom is 0.433 e. The zero-order valence-electron chi connectivity index (χ0n) is 10.9. The second kappa shape index (κ2) is 5.41. The monoisotopic (exact) mass is 291 g/mol. The van der Waals surface area contributed by atoms with Gasteiger partial charge in [-0.1, -0.05) is 6.92 Å². The quantitative estimate of drug-likeness (QED) is 0.556. The van der Waals surface area contributed by atoms with E-state index in [2.05, 4.69) is 9.97 Å². The molecule has 2 heterocycles. The van der Waals surface area contributed by atoms with E-state index in [4.69, 9.17) is 5.84 Å². The average Bonchev–Trinajstić information content (AvgIpc) is 2.40. The lowest BCUT2D eigenvalue weighted by molar-refractivity contribution is -0.141. The van der Waals surface area contributed by atoms with E-state index in [1.54, 1.807) is 4.90 Å². The van der Waals surface area contributed by atoms with Gasteiger partial charge in [-0.25, -0.2) is 10.8 Å². The molecule has 1 aliphatic heterocycles. The molecule has 0 aliphatic carbocycles. The summed E-state index contributed by atoms with van der Waals surface area (Å²) in [5.41, 5.74) is 0.994. The lowest BCUT2D eigenvalue weighted by Gasteiger charge is -2.35. The smallest absolute Gasteiger partial charge is 0.393 e. The van der Waals surface area contributed by atoms with E-state index in [9.17, 15) is 18.3 Å². The Morgan fingerprint density at radius 1 is 1.45 bits per heavy atom. The largest absolute Gasteiger partial charge is 0.433 e. The Kier molecular flexibility index (Phi) is 4.00. The molecule has 2 rings (SSSR count). The molecule has 1 aromatic rings. The van der Waals surface area contributed by atoms with Crippen LogP contribution in [0.4, 0.5) is 24.9 Å². The van der Waals surface area contributed by atoms with E-state index < -0.39 is 18.0 Å². The molecule has 0 radical (unpaired) electrons. The van der Waals surface area contributed by atoms with Crippen molar-refractivity contribution in [3.63, 3.8) is 0 Å². The molecule has 20 heavy (non-hydrogen) atoms. The number of nitrogens with zero attached hydrogens (tertiary/aromatic N) is 3. The predicted molar refractivity (Wildman–Crippen MR) is 66.8 cm³/mol. The summed E-state index contributed by atoms with van der Waals surface area (Å²) in [5, 5.41) is 9.66. The van der Waals surface area contributed by atoms with Crippen molar-refractivity contribution >= 4 is 11.8 Å². The number of aliphatic hydroxyl groups excluding tert-OH is 1. The number of aromatic nitrogens is 2. The van der Waals surface area contributed by atoms with Crippen LogP contribution in [0.3, 0.4) is 0 Å². The molecule has 2 unspecified atom stereocenters. The van der Waals surface area contributed by atoms with Gasteiger partial charge in [0.1, 0.15) is 5.82 Å². The summed E-state index contributed by atoms with van der Waals surface area (Å²) in [7, 11) is 0. The zero-order valence-corrected chi connectivity index (χ0v) is 10.9. The highest BCUT2D eigenvalue weighted by atomic mass is 19.4. The van der Waals surface area contributed by atoms with Crippen molar-refractivity contribution in [2.75, 3.05) is 23.4 Å². The molecule has 1 aliphatic rings. The van der Waals surface area contributed by atoms with Crippen molar-refractivity contribution in [3.8, 4) is 0 Å². The molecule has 1 aromatic heterocycles. The normalized spacial score (nSPS) is 23.8. The minimum atomic E-state index is -4.57. The summed E-state index contributed by atoms with van der Waals surface area (Å²) in [4.78, 5) is 8.94. The lowest BCUT2D eigenvalue weighted by atomic mass is 9.97. The molecular weight excluding hydrogens is 275 g/mol. The van der Waals surface area contributed by atoms with Crippen molar-refractivity contribution in [2.45, 2.75) is 25.6 Å². The van der Waals surface area contributed by atoms with Crippen LogP contribution in [0, 0.1) is 5.92 Å². The molecule has 1 saturated heterocycles. The van der Waals surface area contributed by atoms with E-state index in [1.807, 2.05) is 12.3 Å². The number of nitrogen functional groups attached to an aromatic ring is 1. The number of piperidine rings is 1. The molecule has 0 bridgehead atoms.